The maximum Gasteiger partial charge on any atom is 0.118 e. The molecule has 1 heterocycles. The number of thiophene rings is 1. The molecule has 0 aliphatic heterocycles. The molecule has 1 unspecified atom stereocenters. The number of ether oxygens (including phenoxy) is 1. The molecule has 0 saturated carbocycles. The SMILES string of the molecule is COc1ccc(CCC(NN)c2csc(C)c2)cc1. The van der Waals surface area contributed by atoms with E-state index in [1.54, 1.807) is 18.4 Å². The molecule has 1 aromatic heterocycles. The fourth-order valence-corrected chi connectivity index (χ4v) is 2.85. The lowest BCUT2D eigenvalue weighted by Gasteiger charge is -2.14. The number of benzene rings is 1. The van der Waals surface area contributed by atoms with E-state index in [4.69, 9.17) is 10.6 Å². The van der Waals surface area contributed by atoms with Gasteiger partial charge in [-0.25, -0.2) is 0 Å². The third kappa shape index (κ3) is 3.80. The van der Waals surface area contributed by atoms with Crippen LogP contribution in [0.5, 0.6) is 5.75 Å². The van der Waals surface area contributed by atoms with Crippen molar-refractivity contribution in [2.75, 3.05) is 7.11 Å². The third-order valence-corrected chi connectivity index (χ3v) is 4.11. The van der Waals surface area contributed by atoms with Crippen molar-refractivity contribution in [1.29, 1.82) is 0 Å². The van der Waals surface area contributed by atoms with Gasteiger partial charge in [0.15, 0.2) is 0 Å². The van der Waals surface area contributed by atoms with Crippen LogP contribution in [0.25, 0.3) is 0 Å². The van der Waals surface area contributed by atoms with Crippen LogP contribution in [0.1, 0.15) is 28.5 Å². The summed E-state index contributed by atoms with van der Waals surface area (Å²) in [5, 5.41) is 2.17. The minimum Gasteiger partial charge on any atom is -0.497 e. The van der Waals surface area contributed by atoms with E-state index in [2.05, 4.69) is 35.9 Å². The van der Waals surface area contributed by atoms with E-state index in [-0.39, 0.29) is 6.04 Å². The number of methoxy groups -OCH3 is 1. The number of hydrazine groups is 1. The van der Waals surface area contributed by atoms with Gasteiger partial charge in [0.25, 0.3) is 0 Å². The summed E-state index contributed by atoms with van der Waals surface area (Å²) in [7, 11) is 1.68. The van der Waals surface area contributed by atoms with Gasteiger partial charge in [-0.15, -0.1) is 11.3 Å². The van der Waals surface area contributed by atoms with Crippen LogP contribution in [0.4, 0.5) is 0 Å². The highest BCUT2D eigenvalue weighted by atomic mass is 32.1. The van der Waals surface area contributed by atoms with Crippen molar-refractivity contribution in [2.45, 2.75) is 25.8 Å². The van der Waals surface area contributed by atoms with Crippen molar-refractivity contribution in [3.63, 3.8) is 0 Å². The molecule has 1 atom stereocenters. The van der Waals surface area contributed by atoms with Crippen LogP contribution in [0.3, 0.4) is 0 Å². The van der Waals surface area contributed by atoms with Crippen LogP contribution in [0, 0.1) is 6.92 Å². The van der Waals surface area contributed by atoms with E-state index in [1.165, 1.54) is 16.0 Å². The summed E-state index contributed by atoms with van der Waals surface area (Å²) in [5.74, 6) is 6.55. The zero-order valence-corrected chi connectivity index (χ0v) is 12.2. The molecule has 2 aromatic rings. The summed E-state index contributed by atoms with van der Waals surface area (Å²) in [5.41, 5.74) is 5.48. The summed E-state index contributed by atoms with van der Waals surface area (Å²) in [6.07, 6.45) is 1.98. The topological polar surface area (TPSA) is 47.3 Å². The van der Waals surface area contributed by atoms with Crippen molar-refractivity contribution in [1.82, 2.24) is 5.43 Å². The van der Waals surface area contributed by atoms with Crippen molar-refractivity contribution in [2.24, 2.45) is 5.84 Å². The average Bonchev–Trinajstić information content (AvgIpc) is 2.87. The Morgan fingerprint density at radius 3 is 2.58 bits per heavy atom. The second kappa shape index (κ2) is 6.70. The van der Waals surface area contributed by atoms with E-state index in [0.29, 0.717) is 0 Å². The Kier molecular flexibility index (Phi) is 4.96. The van der Waals surface area contributed by atoms with E-state index in [0.717, 1.165) is 18.6 Å². The first kappa shape index (κ1) is 14.1. The van der Waals surface area contributed by atoms with Crippen LogP contribution in [0.2, 0.25) is 0 Å². The summed E-state index contributed by atoms with van der Waals surface area (Å²) in [6, 6.07) is 10.6. The van der Waals surface area contributed by atoms with Crippen molar-refractivity contribution in [3.05, 3.63) is 51.7 Å². The van der Waals surface area contributed by atoms with Crippen molar-refractivity contribution >= 4 is 11.3 Å². The third-order valence-electron chi connectivity index (χ3n) is 3.24. The van der Waals surface area contributed by atoms with Crippen molar-refractivity contribution in [3.8, 4) is 5.75 Å². The highest BCUT2D eigenvalue weighted by Gasteiger charge is 2.11. The number of hydrogen-bond donors (Lipinski definition) is 2. The lowest BCUT2D eigenvalue weighted by atomic mass is 10.0. The summed E-state index contributed by atoms with van der Waals surface area (Å²) in [6.45, 7) is 2.12. The maximum atomic E-state index is 5.66. The van der Waals surface area contributed by atoms with Crippen LogP contribution in [-0.4, -0.2) is 7.11 Å². The van der Waals surface area contributed by atoms with Gasteiger partial charge in [0, 0.05) is 10.9 Å². The number of rotatable bonds is 6. The summed E-state index contributed by atoms with van der Waals surface area (Å²) in [4.78, 5) is 1.32. The first-order chi connectivity index (χ1) is 9.22. The number of hydrogen-bond acceptors (Lipinski definition) is 4. The van der Waals surface area contributed by atoms with E-state index in [1.807, 2.05) is 12.1 Å². The molecule has 0 spiro atoms. The predicted molar refractivity (Wildman–Crippen MR) is 80.4 cm³/mol. The molecule has 3 nitrogen and oxygen atoms in total. The molecule has 0 amide bonds. The first-order valence-electron chi connectivity index (χ1n) is 6.37. The number of aryl methyl sites for hydroxylation is 2. The Morgan fingerprint density at radius 2 is 2.05 bits per heavy atom. The summed E-state index contributed by atoms with van der Waals surface area (Å²) >= 11 is 1.76. The number of nitrogens with one attached hydrogen (secondary N) is 1. The van der Waals surface area contributed by atoms with Gasteiger partial charge >= 0.3 is 0 Å². The van der Waals surface area contributed by atoms with Crippen molar-refractivity contribution < 1.29 is 4.74 Å². The molecule has 2 rings (SSSR count). The Balaban J connectivity index is 1.95. The Labute approximate surface area is 118 Å². The van der Waals surface area contributed by atoms with Gasteiger partial charge in [-0.1, -0.05) is 12.1 Å². The molecule has 19 heavy (non-hydrogen) atoms. The molecule has 0 saturated heterocycles. The smallest absolute Gasteiger partial charge is 0.118 e. The number of nitrogens with two attached hydrogens (primary N) is 1. The van der Waals surface area contributed by atoms with Gasteiger partial charge in [0.05, 0.1) is 7.11 Å². The minimum atomic E-state index is 0.215. The maximum absolute atomic E-state index is 5.66. The van der Waals surface area contributed by atoms with Gasteiger partial charge in [-0.05, 0) is 54.5 Å². The highest BCUT2D eigenvalue weighted by molar-refractivity contribution is 7.10. The second-order valence-electron chi connectivity index (χ2n) is 4.60. The molecule has 0 fully saturated rings. The monoisotopic (exact) mass is 276 g/mol. The molecule has 4 heteroatoms. The largest absolute Gasteiger partial charge is 0.497 e. The minimum absolute atomic E-state index is 0.215. The molecule has 0 radical (unpaired) electrons. The molecule has 1 aromatic carbocycles. The molecule has 102 valence electrons. The summed E-state index contributed by atoms with van der Waals surface area (Å²) < 4.78 is 5.16. The lowest BCUT2D eigenvalue weighted by molar-refractivity contribution is 0.414. The highest BCUT2D eigenvalue weighted by Crippen LogP contribution is 2.24. The van der Waals surface area contributed by atoms with Crippen LogP contribution in [-0.2, 0) is 6.42 Å². The zero-order valence-electron chi connectivity index (χ0n) is 11.3. The standard InChI is InChI=1S/C15H20N2OS/c1-11-9-13(10-19-11)15(17-16)8-5-12-3-6-14(18-2)7-4-12/h3-4,6-7,9-10,15,17H,5,8,16H2,1-2H3. The second-order valence-corrected chi connectivity index (χ2v) is 5.71. The Morgan fingerprint density at radius 1 is 1.32 bits per heavy atom. The zero-order chi connectivity index (χ0) is 13.7. The molecule has 3 N–H and O–H groups in total. The molecule has 0 bridgehead atoms. The van der Waals surface area contributed by atoms with Gasteiger partial charge in [0.1, 0.15) is 5.75 Å². The Hall–Kier alpha value is -1.36. The average molecular weight is 276 g/mol. The fourth-order valence-electron chi connectivity index (χ4n) is 2.10. The molecular formula is C15H20N2OS. The van der Waals surface area contributed by atoms with E-state index >= 15 is 0 Å². The van der Waals surface area contributed by atoms with Gasteiger partial charge in [0.2, 0.25) is 0 Å². The van der Waals surface area contributed by atoms with E-state index < -0.39 is 0 Å². The fraction of sp³-hybridized carbons (Fsp3) is 0.333. The first-order valence-corrected chi connectivity index (χ1v) is 7.25. The quantitative estimate of drug-likeness (QED) is 0.629. The predicted octanol–water partition coefficient (Wildman–Crippen LogP) is 3.20. The normalized spacial score (nSPS) is 12.4. The van der Waals surface area contributed by atoms with Gasteiger partial charge in [-0.3, -0.25) is 11.3 Å². The van der Waals surface area contributed by atoms with Gasteiger partial charge < -0.3 is 4.74 Å². The lowest BCUT2D eigenvalue weighted by Crippen LogP contribution is -2.28. The van der Waals surface area contributed by atoms with Crippen LogP contribution in [0.15, 0.2) is 35.7 Å². The van der Waals surface area contributed by atoms with Crippen LogP contribution >= 0.6 is 11.3 Å². The van der Waals surface area contributed by atoms with Gasteiger partial charge in [-0.2, -0.15) is 0 Å². The molecule has 0 aliphatic carbocycles. The van der Waals surface area contributed by atoms with E-state index in [9.17, 15) is 0 Å². The van der Waals surface area contributed by atoms with Crippen LogP contribution < -0.4 is 16.0 Å². The molecular weight excluding hydrogens is 256 g/mol. The Bertz CT molecular complexity index is 507. The molecule has 0 aliphatic rings.